The van der Waals surface area contributed by atoms with Crippen LogP contribution < -0.4 is 0 Å². The van der Waals surface area contributed by atoms with Crippen LogP contribution in [0.1, 0.15) is 328 Å². The Morgan fingerprint density at radius 3 is 0.815 bits per heavy atom. The monoisotopic (exact) mass is 911 g/mol. The largest absolute Gasteiger partial charge is 0.379 e. The smallest absolute Gasteiger partial charge is 0.104 e. The highest BCUT2D eigenvalue weighted by atomic mass is 16.6. The molecule has 0 aromatic heterocycles. The van der Waals surface area contributed by atoms with E-state index in [0.29, 0.717) is 19.8 Å². The van der Waals surface area contributed by atoms with Crippen molar-refractivity contribution in [2.45, 2.75) is 335 Å². The quantitative estimate of drug-likeness (QED) is 0.0610. The zero-order chi connectivity index (χ0) is 46.3. The van der Waals surface area contributed by atoms with E-state index in [2.05, 4.69) is 44.2 Å². The molecule has 0 bridgehead atoms. The van der Waals surface area contributed by atoms with Crippen LogP contribution in [0.25, 0.3) is 0 Å². The Morgan fingerprint density at radius 1 is 0.277 bits per heavy atom. The molecule has 0 unspecified atom stereocenters. The fourth-order valence-corrected chi connectivity index (χ4v) is 9.72. The molecule has 0 amide bonds. The molecule has 3 heteroatoms. The maximum atomic E-state index is 6.34. The molecule has 1 aromatic rings. The van der Waals surface area contributed by atoms with Gasteiger partial charge in [-0.1, -0.05) is 340 Å². The van der Waals surface area contributed by atoms with Crippen LogP contribution in [0.2, 0.25) is 0 Å². The van der Waals surface area contributed by atoms with Gasteiger partial charge in [0.1, 0.15) is 6.10 Å². The minimum atomic E-state index is 0.0256. The van der Waals surface area contributed by atoms with Gasteiger partial charge in [0.05, 0.1) is 19.8 Å². The number of hydrogen-bond donors (Lipinski definition) is 0. The third-order valence-corrected chi connectivity index (χ3v) is 14.2. The van der Waals surface area contributed by atoms with E-state index in [-0.39, 0.29) is 6.10 Å². The van der Waals surface area contributed by atoms with Crippen LogP contribution >= 0.6 is 0 Å². The molecule has 0 N–H and O–H groups in total. The molecule has 0 aliphatic carbocycles. The van der Waals surface area contributed by atoms with E-state index < -0.39 is 0 Å². The predicted octanol–water partition coefficient (Wildman–Crippen LogP) is 21.4. The molecule has 0 saturated heterocycles. The number of benzene rings is 1. The molecule has 0 saturated carbocycles. The van der Waals surface area contributed by atoms with Crippen molar-refractivity contribution >= 4 is 0 Å². The molecule has 0 heterocycles. The van der Waals surface area contributed by atoms with Crippen LogP contribution in [-0.2, 0) is 20.8 Å². The van der Waals surface area contributed by atoms with Gasteiger partial charge in [0.25, 0.3) is 0 Å². The SMILES string of the molecule is CCCCCCCCCCCCCCCCCCCCCCCCCCOC[C@H](COCc1ccccc1)OCCCCCCCCCCCCCCCCCCCCCCCCCC. The summed E-state index contributed by atoms with van der Waals surface area (Å²) in [5.41, 5.74) is 1.22. The Balaban J connectivity index is 1.91. The number of rotatable bonds is 57. The van der Waals surface area contributed by atoms with Crippen molar-refractivity contribution in [1.29, 1.82) is 0 Å². The van der Waals surface area contributed by atoms with Gasteiger partial charge in [-0.15, -0.1) is 0 Å². The summed E-state index contributed by atoms with van der Waals surface area (Å²) in [5, 5.41) is 0. The second-order valence-electron chi connectivity index (χ2n) is 20.8. The highest BCUT2D eigenvalue weighted by Gasteiger charge is 2.11. The Kier molecular flexibility index (Phi) is 53.2. The van der Waals surface area contributed by atoms with E-state index in [4.69, 9.17) is 14.2 Å². The normalized spacial score (nSPS) is 12.2. The van der Waals surface area contributed by atoms with Gasteiger partial charge in [-0.2, -0.15) is 0 Å². The Labute approximate surface area is 409 Å². The third kappa shape index (κ3) is 50.8. The van der Waals surface area contributed by atoms with Crippen LogP contribution in [0, 0.1) is 0 Å². The summed E-state index contributed by atoms with van der Waals surface area (Å²) in [7, 11) is 0. The molecule has 0 fully saturated rings. The number of hydrogen-bond acceptors (Lipinski definition) is 3. The van der Waals surface area contributed by atoms with Crippen molar-refractivity contribution < 1.29 is 14.2 Å². The Morgan fingerprint density at radius 2 is 0.523 bits per heavy atom. The lowest BCUT2D eigenvalue weighted by molar-refractivity contribution is -0.0645. The predicted molar refractivity (Wildman–Crippen MR) is 290 cm³/mol. The fraction of sp³-hybridized carbons (Fsp3) is 0.903. The molecule has 65 heavy (non-hydrogen) atoms. The van der Waals surface area contributed by atoms with E-state index in [1.807, 2.05) is 0 Å². The summed E-state index contributed by atoms with van der Waals surface area (Å²) in [6, 6.07) is 10.5. The van der Waals surface area contributed by atoms with Crippen molar-refractivity contribution in [3.63, 3.8) is 0 Å². The average molecular weight is 912 g/mol. The zero-order valence-corrected chi connectivity index (χ0v) is 44.7. The molecule has 384 valence electrons. The van der Waals surface area contributed by atoms with Gasteiger partial charge in [0, 0.05) is 13.2 Å². The first-order valence-electron chi connectivity index (χ1n) is 30.2. The molecule has 0 aliphatic heterocycles. The van der Waals surface area contributed by atoms with Crippen LogP contribution in [-0.4, -0.2) is 32.5 Å². The maximum Gasteiger partial charge on any atom is 0.104 e. The van der Waals surface area contributed by atoms with Gasteiger partial charge in [0.2, 0.25) is 0 Å². The molecule has 1 aromatic carbocycles. The highest BCUT2D eigenvalue weighted by molar-refractivity contribution is 5.13. The third-order valence-electron chi connectivity index (χ3n) is 14.2. The first kappa shape index (κ1) is 62.1. The molecular formula is C62H118O3. The number of unbranched alkanes of at least 4 members (excludes halogenated alkanes) is 46. The molecule has 3 nitrogen and oxygen atoms in total. The fourth-order valence-electron chi connectivity index (χ4n) is 9.72. The van der Waals surface area contributed by atoms with Gasteiger partial charge in [-0.3, -0.25) is 0 Å². The van der Waals surface area contributed by atoms with Gasteiger partial charge in [-0.25, -0.2) is 0 Å². The van der Waals surface area contributed by atoms with Crippen molar-refractivity contribution in [1.82, 2.24) is 0 Å². The van der Waals surface area contributed by atoms with Gasteiger partial charge < -0.3 is 14.2 Å². The summed E-state index contributed by atoms with van der Waals surface area (Å²) in [4.78, 5) is 0. The highest BCUT2D eigenvalue weighted by Crippen LogP contribution is 2.18. The van der Waals surface area contributed by atoms with Crippen molar-refractivity contribution in [3.8, 4) is 0 Å². The van der Waals surface area contributed by atoms with E-state index in [1.165, 1.54) is 301 Å². The minimum absolute atomic E-state index is 0.0256. The van der Waals surface area contributed by atoms with Crippen LogP contribution in [0.3, 0.4) is 0 Å². The Hall–Kier alpha value is -0.900. The first-order valence-corrected chi connectivity index (χ1v) is 30.2. The standard InChI is InChI=1S/C62H118O3/c1-3-5-7-9-11-13-15-17-19-21-23-25-27-29-31-33-35-37-39-41-43-45-47-52-56-63-59-62(60-64-58-61-54-50-49-51-55-61)65-57-53-48-46-44-42-40-38-36-34-32-30-28-26-24-22-20-18-16-14-12-10-8-6-4-2/h49-51,54-55,62H,3-48,52-53,56-60H2,1-2H3/t62-/m1/s1. The van der Waals surface area contributed by atoms with Crippen molar-refractivity contribution in [3.05, 3.63) is 35.9 Å². The van der Waals surface area contributed by atoms with Gasteiger partial charge >= 0.3 is 0 Å². The average Bonchev–Trinajstić information content (AvgIpc) is 3.32. The van der Waals surface area contributed by atoms with Gasteiger partial charge in [0.15, 0.2) is 0 Å². The van der Waals surface area contributed by atoms with E-state index >= 15 is 0 Å². The molecule has 0 aliphatic rings. The molecule has 0 spiro atoms. The van der Waals surface area contributed by atoms with Crippen molar-refractivity contribution in [2.24, 2.45) is 0 Å². The molecule has 1 atom stereocenters. The van der Waals surface area contributed by atoms with Crippen molar-refractivity contribution in [2.75, 3.05) is 26.4 Å². The van der Waals surface area contributed by atoms with Crippen LogP contribution in [0.4, 0.5) is 0 Å². The summed E-state index contributed by atoms with van der Waals surface area (Å²) >= 11 is 0. The lowest BCUT2D eigenvalue weighted by atomic mass is 10.0. The second-order valence-corrected chi connectivity index (χ2v) is 20.8. The maximum absolute atomic E-state index is 6.34. The zero-order valence-electron chi connectivity index (χ0n) is 44.7. The topological polar surface area (TPSA) is 27.7 Å². The Bertz CT molecular complexity index is 966. The molecule has 1 rings (SSSR count). The molecular weight excluding hydrogens is 793 g/mol. The first-order chi connectivity index (χ1) is 32.4. The van der Waals surface area contributed by atoms with Gasteiger partial charge in [-0.05, 0) is 18.4 Å². The van der Waals surface area contributed by atoms with Crippen LogP contribution in [0.15, 0.2) is 30.3 Å². The number of ether oxygens (including phenoxy) is 3. The van der Waals surface area contributed by atoms with E-state index in [0.717, 1.165) is 26.1 Å². The minimum Gasteiger partial charge on any atom is -0.379 e. The summed E-state index contributed by atoms with van der Waals surface area (Å²) in [6.07, 6.45) is 68.5. The van der Waals surface area contributed by atoms with E-state index in [1.54, 1.807) is 0 Å². The summed E-state index contributed by atoms with van der Waals surface area (Å²) in [5.74, 6) is 0. The van der Waals surface area contributed by atoms with Crippen LogP contribution in [0.5, 0.6) is 0 Å². The summed E-state index contributed by atoms with van der Waals surface area (Å²) in [6.45, 7) is 8.17. The molecule has 0 radical (unpaired) electrons. The lowest BCUT2D eigenvalue weighted by Crippen LogP contribution is -2.26. The van der Waals surface area contributed by atoms with E-state index in [9.17, 15) is 0 Å². The lowest BCUT2D eigenvalue weighted by Gasteiger charge is -2.18. The summed E-state index contributed by atoms with van der Waals surface area (Å²) < 4.78 is 18.6. The second kappa shape index (κ2) is 55.7.